The maximum Gasteiger partial charge on any atom is 0.318 e. The molecule has 3 amide bonds. The van der Waals surface area contributed by atoms with E-state index in [0.717, 1.165) is 12.1 Å². The summed E-state index contributed by atoms with van der Waals surface area (Å²) in [6.45, 7) is 5.53. The molecule has 164 valence electrons. The lowest BCUT2D eigenvalue weighted by Crippen LogP contribution is -2.56. The Hall–Kier alpha value is -2.80. The van der Waals surface area contributed by atoms with Crippen molar-refractivity contribution >= 4 is 29.2 Å². The molecule has 3 atom stereocenters. The van der Waals surface area contributed by atoms with Crippen molar-refractivity contribution in [3.63, 3.8) is 0 Å². The first-order valence-electron chi connectivity index (χ1n) is 10.6. The highest BCUT2D eigenvalue weighted by Crippen LogP contribution is 2.35. The van der Waals surface area contributed by atoms with Crippen LogP contribution in [0.3, 0.4) is 0 Å². The van der Waals surface area contributed by atoms with Crippen molar-refractivity contribution < 1.29 is 9.59 Å². The number of aromatic nitrogens is 1. The molecular formula is C23H27ClN4O3. The number of benzene rings is 1. The highest BCUT2D eigenvalue weighted by atomic mass is 35.5. The maximum atomic E-state index is 13.1. The molecule has 7 nitrogen and oxygen atoms in total. The van der Waals surface area contributed by atoms with Crippen molar-refractivity contribution in [2.24, 2.45) is 11.8 Å². The van der Waals surface area contributed by atoms with E-state index in [1.807, 2.05) is 24.5 Å². The van der Waals surface area contributed by atoms with E-state index in [9.17, 15) is 14.4 Å². The topological polar surface area (TPSA) is 83.4 Å². The van der Waals surface area contributed by atoms with Crippen LogP contribution in [0.5, 0.6) is 0 Å². The second-order valence-corrected chi connectivity index (χ2v) is 9.21. The monoisotopic (exact) mass is 442 g/mol. The molecule has 2 aromatic rings. The molecule has 0 saturated carbocycles. The van der Waals surface area contributed by atoms with Gasteiger partial charge in [0.05, 0.1) is 0 Å². The Kier molecular flexibility index (Phi) is 6.05. The number of nitrogens with one attached hydrogen (secondary N) is 2. The van der Waals surface area contributed by atoms with E-state index in [4.69, 9.17) is 11.6 Å². The van der Waals surface area contributed by atoms with Gasteiger partial charge in [0.15, 0.2) is 0 Å². The normalized spacial score (nSPS) is 20.7. The molecule has 3 heterocycles. The summed E-state index contributed by atoms with van der Waals surface area (Å²) in [5.74, 6) is -0.00808. The van der Waals surface area contributed by atoms with Crippen molar-refractivity contribution in [3.05, 3.63) is 63.5 Å². The van der Waals surface area contributed by atoms with Gasteiger partial charge in [-0.3, -0.25) is 9.59 Å². The van der Waals surface area contributed by atoms with Crippen LogP contribution in [0.1, 0.15) is 31.9 Å². The van der Waals surface area contributed by atoms with E-state index in [1.165, 1.54) is 0 Å². The van der Waals surface area contributed by atoms with E-state index >= 15 is 0 Å². The number of halogens is 1. The zero-order valence-corrected chi connectivity index (χ0v) is 18.4. The van der Waals surface area contributed by atoms with Gasteiger partial charge in [-0.15, -0.1) is 0 Å². The zero-order valence-electron chi connectivity index (χ0n) is 17.7. The fraction of sp³-hybridized carbons (Fsp3) is 0.435. The molecule has 4 rings (SSSR count). The number of fused-ring (bicyclic) bond motifs is 4. The van der Waals surface area contributed by atoms with Crippen molar-refractivity contribution in [2.45, 2.75) is 38.8 Å². The fourth-order valence-corrected chi connectivity index (χ4v) is 4.80. The summed E-state index contributed by atoms with van der Waals surface area (Å²) < 4.78 is 1.84. The molecule has 2 aliphatic heterocycles. The van der Waals surface area contributed by atoms with Gasteiger partial charge in [0.25, 0.3) is 5.56 Å². The van der Waals surface area contributed by atoms with Gasteiger partial charge >= 0.3 is 6.03 Å². The van der Waals surface area contributed by atoms with Gasteiger partial charge in [0, 0.05) is 48.0 Å². The number of anilines is 1. The lowest BCUT2D eigenvalue weighted by molar-refractivity contribution is -0.118. The molecule has 1 saturated heterocycles. The zero-order chi connectivity index (χ0) is 22.1. The van der Waals surface area contributed by atoms with E-state index in [0.29, 0.717) is 30.3 Å². The second kappa shape index (κ2) is 8.75. The number of carbonyl (C=O) groups excluding carboxylic acids is 2. The van der Waals surface area contributed by atoms with Crippen LogP contribution >= 0.6 is 11.6 Å². The molecule has 8 heteroatoms. The smallest absolute Gasteiger partial charge is 0.318 e. The average molecular weight is 443 g/mol. The predicted octanol–water partition coefficient (Wildman–Crippen LogP) is 3.29. The predicted molar refractivity (Wildman–Crippen MR) is 120 cm³/mol. The third-order valence-corrected chi connectivity index (χ3v) is 6.32. The molecule has 0 aliphatic carbocycles. The van der Waals surface area contributed by atoms with Crippen LogP contribution in [0.4, 0.5) is 10.5 Å². The fourth-order valence-electron chi connectivity index (χ4n) is 4.61. The minimum absolute atomic E-state index is 0.0164. The van der Waals surface area contributed by atoms with Gasteiger partial charge in [0.2, 0.25) is 5.91 Å². The molecular weight excluding hydrogens is 416 g/mol. The molecule has 31 heavy (non-hydrogen) atoms. The standard InChI is InChI=1S/C23H27ClN4O3/c1-14(2)21(22(30)25-18-6-3-5-17(24)10-18)26-23(31)27-11-15-9-16(13-27)19-7-4-8-20(29)28(19)12-15/h3-8,10,14-16,21H,9,11-13H2,1-2H3,(H,25,30)(H,26,31)/t15-,16+,21+/m1/s1. The van der Waals surface area contributed by atoms with Crippen molar-refractivity contribution in [3.8, 4) is 0 Å². The van der Waals surface area contributed by atoms with Gasteiger partial charge in [0.1, 0.15) is 6.04 Å². The van der Waals surface area contributed by atoms with Crippen LogP contribution in [-0.4, -0.2) is 40.5 Å². The second-order valence-electron chi connectivity index (χ2n) is 8.77. The van der Waals surface area contributed by atoms with E-state index in [-0.39, 0.29) is 35.3 Å². The van der Waals surface area contributed by atoms with Crippen molar-refractivity contribution in [1.82, 2.24) is 14.8 Å². The molecule has 2 N–H and O–H groups in total. The molecule has 2 bridgehead atoms. The number of carbonyl (C=O) groups is 2. The summed E-state index contributed by atoms with van der Waals surface area (Å²) in [7, 11) is 0. The molecule has 0 unspecified atom stereocenters. The molecule has 0 spiro atoms. The summed E-state index contributed by atoms with van der Waals surface area (Å²) in [5, 5.41) is 6.29. The van der Waals surface area contributed by atoms with Crippen molar-refractivity contribution in [2.75, 3.05) is 18.4 Å². The SMILES string of the molecule is CC(C)[C@H](NC(=O)N1C[C@H]2C[C@@H](C1)c1cccc(=O)n1C2)C(=O)Nc1cccc(Cl)c1. The lowest BCUT2D eigenvalue weighted by atomic mass is 9.83. The minimum atomic E-state index is -0.678. The van der Waals surface area contributed by atoms with E-state index in [1.54, 1.807) is 41.3 Å². The summed E-state index contributed by atoms with van der Waals surface area (Å²) in [5.41, 5.74) is 1.59. The summed E-state index contributed by atoms with van der Waals surface area (Å²) in [4.78, 5) is 39.9. The molecule has 1 aromatic carbocycles. The lowest BCUT2D eigenvalue weighted by Gasteiger charge is -2.43. The van der Waals surface area contributed by atoms with Crippen LogP contribution in [-0.2, 0) is 11.3 Å². The molecule has 2 aliphatic rings. The van der Waals surface area contributed by atoms with Crippen molar-refractivity contribution in [1.29, 1.82) is 0 Å². The number of pyridine rings is 1. The van der Waals surface area contributed by atoms with Gasteiger partial charge in [-0.1, -0.05) is 37.6 Å². The van der Waals surface area contributed by atoms with Crippen LogP contribution in [0.25, 0.3) is 0 Å². The van der Waals surface area contributed by atoms with Gasteiger partial charge < -0.3 is 20.1 Å². The van der Waals surface area contributed by atoms with Crippen LogP contribution in [0.15, 0.2) is 47.3 Å². The Bertz CT molecular complexity index is 1050. The third-order valence-electron chi connectivity index (χ3n) is 6.09. The number of nitrogens with zero attached hydrogens (tertiary/aromatic N) is 2. The first-order chi connectivity index (χ1) is 14.8. The number of urea groups is 1. The Labute approximate surface area is 186 Å². The van der Waals surface area contributed by atoms with E-state index in [2.05, 4.69) is 10.6 Å². The Morgan fingerprint density at radius 3 is 2.61 bits per heavy atom. The summed E-state index contributed by atoms with van der Waals surface area (Å²) >= 11 is 6.00. The highest BCUT2D eigenvalue weighted by molar-refractivity contribution is 6.30. The molecule has 0 radical (unpaired) electrons. The molecule has 1 fully saturated rings. The number of amides is 3. The van der Waals surface area contributed by atoms with Gasteiger partial charge in [-0.05, 0) is 42.5 Å². The quantitative estimate of drug-likeness (QED) is 0.762. The summed E-state index contributed by atoms with van der Waals surface area (Å²) in [6.07, 6.45) is 0.968. The number of likely N-dealkylation sites (tertiary alicyclic amines) is 1. The Balaban J connectivity index is 1.45. The van der Waals surface area contributed by atoms with Gasteiger partial charge in [-0.25, -0.2) is 4.79 Å². The number of hydrogen-bond donors (Lipinski definition) is 2. The number of hydrogen-bond acceptors (Lipinski definition) is 3. The first kappa shape index (κ1) is 21.4. The maximum absolute atomic E-state index is 13.1. The average Bonchev–Trinajstić information content (AvgIpc) is 2.72. The number of piperidine rings is 1. The number of rotatable bonds is 4. The first-order valence-corrected chi connectivity index (χ1v) is 11.0. The van der Waals surface area contributed by atoms with Crippen LogP contribution < -0.4 is 16.2 Å². The Morgan fingerprint density at radius 2 is 1.87 bits per heavy atom. The van der Waals surface area contributed by atoms with Crippen LogP contribution in [0.2, 0.25) is 5.02 Å². The Morgan fingerprint density at radius 1 is 1.10 bits per heavy atom. The van der Waals surface area contributed by atoms with Gasteiger partial charge in [-0.2, -0.15) is 0 Å². The largest absolute Gasteiger partial charge is 0.326 e. The highest BCUT2D eigenvalue weighted by Gasteiger charge is 2.37. The molecule has 1 aromatic heterocycles. The van der Waals surface area contributed by atoms with Crippen LogP contribution in [0, 0.1) is 11.8 Å². The third kappa shape index (κ3) is 4.61. The van der Waals surface area contributed by atoms with E-state index < -0.39 is 6.04 Å². The summed E-state index contributed by atoms with van der Waals surface area (Å²) in [6, 6.07) is 11.3. The minimum Gasteiger partial charge on any atom is -0.326 e.